The number of halogens is 1. The average molecular weight is 410 g/mol. The molecule has 30 heavy (non-hydrogen) atoms. The Morgan fingerprint density at radius 3 is 2.57 bits per heavy atom. The molecular weight excluding hydrogens is 387 g/mol. The lowest BCUT2D eigenvalue weighted by Crippen LogP contribution is -2.48. The van der Waals surface area contributed by atoms with Gasteiger partial charge in [-0.1, -0.05) is 18.2 Å². The first-order chi connectivity index (χ1) is 14.3. The molecule has 0 aliphatic carbocycles. The molecule has 1 aliphatic rings. The first-order valence-corrected chi connectivity index (χ1v) is 9.74. The van der Waals surface area contributed by atoms with Crippen LogP contribution >= 0.6 is 0 Å². The van der Waals surface area contributed by atoms with Gasteiger partial charge in [-0.3, -0.25) is 9.59 Å². The second-order valence-electron chi connectivity index (χ2n) is 7.26. The number of aliphatic carboxylic acids is 1. The van der Waals surface area contributed by atoms with Gasteiger partial charge < -0.3 is 15.3 Å². The third-order valence-corrected chi connectivity index (χ3v) is 5.03. The summed E-state index contributed by atoms with van der Waals surface area (Å²) in [6, 6.07) is 11.4. The van der Waals surface area contributed by atoms with Crippen LogP contribution in [0.15, 0.2) is 54.1 Å². The molecule has 1 atom stereocenters. The number of carbonyl (C=O) groups excluding carboxylic acids is 2. The van der Waals surface area contributed by atoms with Crippen LogP contribution in [0.25, 0.3) is 6.08 Å². The summed E-state index contributed by atoms with van der Waals surface area (Å²) < 4.78 is 13.0. The van der Waals surface area contributed by atoms with Crippen molar-refractivity contribution in [2.75, 3.05) is 11.9 Å². The summed E-state index contributed by atoms with van der Waals surface area (Å²) in [4.78, 5) is 38.2. The molecule has 1 unspecified atom stereocenters. The zero-order valence-corrected chi connectivity index (χ0v) is 16.6. The van der Waals surface area contributed by atoms with Crippen LogP contribution in [0.2, 0.25) is 0 Å². The van der Waals surface area contributed by atoms with E-state index < -0.39 is 12.0 Å². The molecule has 156 valence electrons. The van der Waals surface area contributed by atoms with Gasteiger partial charge in [-0.05, 0) is 68.2 Å². The maximum absolute atomic E-state index is 13.0. The molecule has 0 aromatic heterocycles. The summed E-state index contributed by atoms with van der Waals surface area (Å²) in [7, 11) is 0. The fraction of sp³-hybridized carbons (Fsp3) is 0.261. The van der Waals surface area contributed by atoms with Gasteiger partial charge >= 0.3 is 5.97 Å². The molecule has 2 aromatic carbocycles. The lowest BCUT2D eigenvalue weighted by molar-refractivity contribution is -0.143. The lowest BCUT2D eigenvalue weighted by Gasteiger charge is -2.33. The van der Waals surface area contributed by atoms with Crippen molar-refractivity contribution in [1.29, 1.82) is 0 Å². The highest BCUT2D eigenvalue weighted by atomic mass is 19.1. The number of rotatable bonds is 5. The molecule has 1 saturated heterocycles. The second kappa shape index (κ2) is 9.35. The van der Waals surface area contributed by atoms with Crippen molar-refractivity contribution in [2.24, 2.45) is 0 Å². The molecule has 7 heteroatoms. The van der Waals surface area contributed by atoms with E-state index in [4.69, 9.17) is 0 Å². The van der Waals surface area contributed by atoms with Gasteiger partial charge in [0.15, 0.2) is 0 Å². The molecule has 0 bridgehead atoms. The molecule has 2 amide bonds. The van der Waals surface area contributed by atoms with E-state index in [-0.39, 0.29) is 17.6 Å². The number of likely N-dealkylation sites (tertiary alicyclic amines) is 1. The SMILES string of the molecule is C/C(=C\c1ccc(F)cc1)C(=O)Nc1cccc(C(=O)N2CCCCC2C(=O)O)c1. The van der Waals surface area contributed by atoms with Crippen LogP contribution in [0.5, 0.6) is 0 Å². The first-order valence-electron chi connectivity index (χ1n) is 9.74. The van der Waals surface area contributed by atoms with Gasteiger partial charge in [0.2, 0.25) is 0 Å². The molecule has 0 spiro atoms. The summed E-state index contributed by atoms with van der Waals surface area (Å²) in [6.07, 6.45) is 3.61. The predicted molar refractivity (Wildman–Crippen MR) is 111 cm³/mol. The van der Waals surface area contributed by atoms with Gasteiger partial charge in [-0.25, -0.2) is 9.18 Å². The normalized spacial score (nSPS) is 16.8. The largest absolute Gasteiger partial charge is 0.480 e. The number of carboxylic acid groups (broad SMARTS) is 1. The lowest BCUT2D eigenvalue weighted by atomic mass is 10.0. The van der Waals surface area contributed by atoms with E-state index in [1.807, 2.05) is 0 Å². The minimum atomic E-state index is -1.01. The number of carboxylic acids is 1. The number of benzene rings is 2. The van der Waals surface area contributed by atoms with Gasteiger partial charge in [0, 0.05) is 23.4 Å². The molecular formula is C23H23FN2O4. The quantitative estimate of drug-likeness (QED) is 0.731. The Bertz CT molecular complexity index is 985. The summed E-state index contributed by atoms with van der Waals surface area (Å²) in [5.74, 6) is -2.08. The van der Waals surface area contributed by atoms with Crippen LogP contribution in [0.4, 0.5) is 10.1 Å². The Morgan fingerprint density at radius 2 is 1.87 bits per heavy atom. The number of amides is 2. The Hall–Kier alpha value is -3.48. The molecule has 0 saturated carbocycles. The van der Waals surface area contributed by atoms with Crippen molar-refractivity contribution in [2.45, 2.75) is 32.2 Å². The van der Waals surface area contributed by atoms with E-state index in [0.29, 0.717) is 35.4 Å². The molecule has 2 aromatic rings. The van der Waals surface area contributed by atoms with Gasteiger partial charge in [0.1, 0.15) is 11.9 Å². The van der Waals surface area contributed by atoms with E-state index >= 15 is 0 Å². The Balaban J connectivity index is 1.73. The first kappa shape index (κ1) is 21.2. The fourth-order valence-electron chi connectivity index (χ4n) is 3.43. The molecule has 0 radical (unpaired) electrons. The summed E-state index contributed by atoms with van der Waals surface area (Å²) in [5, 5.41) is 12.1. The van der Waals surface area contributed by atoms with Gasteiger partial charge in [0.05, 0.1) is 0 Å². The van der Waals surface area contributed by atoms with E-state index in [1.54, 1.807) is 49.4 Å². The topological polar surface area (TPSA) is 86.7 Å². The van der Waals surface area contributed by atoms with Crippen LogP contribution < -0.4 is 5.32 Å². The van der Waals surface area contributed by atoms with Crippen LogP contribution in [0.1, 0.15) is 42.1 Å². The summed E-state index contributed by atoms with van der Waals surface area (Å²) >= 11 is 0. The Kier molecular flexibility index (Phi) is 6.61. The monoisotopic (exact) mass is 410 g/mol. The van der Waals surface area contributed by atoms with E-state index in [1.165, 1.54) is 17.0 Å². The molecule has 3 rings (SSSR count). The number of carbonyl (C=O) groups is 3. The predicted octanol–water partition coefficient (Wildman–Crippen LogP) is 3.95. The van der Waals surface area contributed by atoms with Crippen molar-refractivity contribution in [3.05, 3.63) is 71.0 Å². The van der Waals surface area contributed by atoms with Gasteiger partial charge in [-0.2, -0.15) is 0 Å². The van der Waals surface area contributed by atoms with Gasteiger partial charge in [-0.15, -0.1) is 0 Å². The Labute approximate surface area is 174 Å². The number of nitrogens with zero attached hydrogens (tertiary/aromatic N) is 1. The number of nitrogens with one attached hydrogen (secondary N) is 1. The summed E-state index contributed by atoms with van der Waals surface area (Å²) in [5.41, 5.74) is 1.86. The second-order valence-corrected chi connectivity index (χ2v) is 7.26. The van der Waals surface area contributed by atoms with Crippen molar-refractivity contribution in [1.82, 2.24) is 4.90 Å². The maximum Gasteiger partial charge on any atom is 0.326 e. The highest BCUT2D eigenvalue weighted by molar-refractivity contribution is 6.07. The minimum Gasteiger partial charge on any atom is -0.480 e. The van der Waals surface area contributed by atoms with Crippen LogP contribution in [0.3, 0.4) is 0 Å². The molecule has 1 heterocycles. The zero-order chi connectivity index (χ0) is 21.7. The third kappa shape index (κ3) is 5.11. The molecule has 6 nitrogen and oxygen atoms in total. The van der Waals surface area contributed by atoms with Crippen LogP contribution in [-0.2, 0) is 9.59 Å². The minimum absolute atomic E-state index is 0.320. The van der Waals surface area contributed by atoms with Crippen LogP contribution in [0, 0.1) is 5.82 Å². The van der Waals surface area contributed by atoms with Crippen LogP contribution in [-0.4, -0.2) is 40.4 Å². The Morgan fingerprint density at radius 1 is 1.13 bits per heavy atom. The molecule has 1 fully saturated rings. The highest BCUT2D eigenvalue weighted by Crippen LogP contribution is 2.22. The van der Waals surface area contributed by atoms with E-state index in [2.05, 4.69) is 5.32 Å². The molecule has 1 aliphatic heterocycles. The fourth-order valence-corrected chi connectivity index (χ4v) is 3.43. The number of hydrogen-bond donors (Lipinski definition) is 2. The molecule has 2 N–H and O–H groups in total. The van der Waals surface area contributed by atoms with E-state index in [0.717, 1.165) is 12.8 Å². The maximum atomic E-state index is 13.0. The number of piperidine rings is 1. The van der Waals surface area contributed by atoms with Gasteiger partial charge in [0.25, 0.3) is 11.8 Å². The average Bonchev–Trinajstić information content (AvgIpc) is 2.75. The standard InChI is InChI=1S/C23H23FN2O4/c1-15(13-16-8-10-18(24)11-9-16)21(27)25-19-6-4-5-17(14-19)22(28)26-12-3-2-7-20(26)23(29)30/h4-6,8-11,13-14,20H,2-3,7,12H2,1H3,(H,25,27)(H,29,30)/b15-13+. The van der Waals surface area contributed by atoms with E-state index in [9.17, 15) is 23.9 Å². The van der Waals surface area contributed by atoms with Crippen molar-refractivity contribution < 1.29 is 23.9 Å². The highest BCUT2D eigenvalue weighted by Gasteiger charge is 2.32. The number of hydrogen-bond acceptors (Lipinski definition) is 3. The van der Waals surface area contributed by atoms with Crippen molar-refractivity contribution in [3.63, 3.8) is 0 Å². The van der Waals surface area contributed by atoms with Crippen molar-refractivity contribution in [3.8, 4) is 0 Å². The summed E-state index contributed by atoms with van der Waals surface area (Å²) in [6.45, 7) is 2.03. The third-order valence-electron chi connectivity index (χ3n) is 5.03. The zero-order valence-electron chi connectivity index (χ0n) is 16.6. The number of anilines is 1. The van der Waals surface area contributed by atoms with Crippen molar-refractivity contribution >= 4 is 29.5 Å². The smallest absolute Gasteiger partial charge is 0.326 e.